The Morgan fingerprint density at radius 1 is 0.962 bits per heavy atom. The summed E-state index contributed by atoms with van der Waals surface area (Å²) in [7, 11) is 3.23. The minimum Gasteiger partial charge on any atom is -0.497 e. The van der Waals surface area contributed by atoms with Gasteiger partial charge in [-0.3, -0.25) is 4.98 Å². The Balaban J connectivity index is 1.77. The van der Waals surface area contributed by atoms with Crippen molar-refractivity contribution in [1.29, 1.82) is 0 Å². The average molecular weight is 351 g/mol. The molecule has 134 valence electrons. The van der Waals surface area contributed by atoms with Crippen LogP contribution in [0.2, 0.25) is 0 Å². The number of anilines is 3. The van der Waals surface area contributed by atoms with Gasteiger partial charge in [0.1, 0.15) is 17.3 Å². The van der Waals surface area contributed by atoms with Gasteiger partial charge in [0.05, 0.1) is 19.9 Å². The Kier molecular flexibility index (Phi) is 5.48. The number of aromatic nitrogens is 3. The van der Waals surface area contributed by atoms with Crippen molar-refractivity contribution in [1.82, 2.24) is 15.0 Å². The molecule has 7 nitrogen and oxygen atoms in total. The number of aryl methyl sites for hydroxylation is 1. The molecular weight excluding hydrogens is 330 g/mol. The van der Waals surface area contributed by atoms with Gasteiger partial charge in [-0.25, -0.2) is 4.98 Å². The number of nitrogens with zero attached hydrogens (tertiary/aromatic N) is 3. The van der Waals surface area contributed by atoms with Crippen LogP contribution in [0.5, 0.6) is 11.5 Å². The third-order valence-electron chi connectivity index (χ3n) is 3.73. The molecule has 0 aliphatic heterocycles. The Hall–Kier alpha value is -3.35. The lowest BCUT2D eigenvalue weighted by atomic mass is 10.2. The van der Waals surface area contributed by atoms with Gasteiger partial charge in [0.25, 0.3) is 0 Å². The number of ether oxygens (including phenoxy) is 2. The molecule has 0 radical (unpaired) electrons. The Labute approximate surface area is 152 Å². The monoisotopic (exact) mass is 351 g/mol. The number of methoxy groups -OCH3 is 2. The highest BCUT2D eigenvalue weighted by Gasteiger charge is 2.08. The smallest absolute Gasteiger partial charge is 0.229 e. The van der Waals surface area contributed by atoms with Crippen molar-refractivity contribution in [2.45, 2.75) is 13.5 Å². The van der Waals surface area contributed by atoms with Crippen molar-refractivity contribution >= 4 is 17.5 Å². The summed E-state index contributed by atoms with van der Waals surface area (Å²) in [6.07, 6.45) is 3.54. The Morgan fingerprint density at radius 3 is 2.50 bits per heavy atom. The molecule has 0 atom stereocenters. The molecule has 2 heterocycles. The van der Waals surface area contributed by atoms with Gasteiger partial charge < -0.3 is 20.1 Å². The van der Waals surface area contributed by atoms with E-state index < -0.39 is 0 Å². The number of hydrogen-bond donors (Lipinski definition) is 2. The van der Waals surface area contributed by atoms with E-state index >= 15 is 0 Å². The van der Waals surface area contributed by atoms with Gasteiger partial charge in [-0.15, -0.1) is 0 Å². The summed E-state index contributed by atoms with van der Waals surface area (Å²) >= 11 is 0. The summed E-state index contributed by atoms with van der Waals surface area (Å²) in [6.45, 7) is 2.58. The van der Waals surface area contributed by atoms with E-state index in [0.29, 0.717) is 18.2 Å². The molecule has 3 aromatic rings. The predicted octanol–water partition coefficient (Wildman–Crippen LogP) is 3.55. The first-order valence-electron chi connectivity index (χ1n) is 8.15. The second-order valence-electron chi connectivity index (χ2n) is 5.62. The summed E-state index contributed by atoms with van der Waals surface area (Å²) in [6, 6.07) is 11.3. The molecule has 0 fully saturated rings. The van der Waals surface area contributed by atoms with E-state index in [2.05, 4.69) is 25.6 Å². The molecule has 0 amide bonds. The number of benzene rings is 1. The normalized spacial score (nSPS) is 10.3. The predicted molar refractivity (Wildman–Crippen MR) is 101 cm³/mol. The number of hydrogen-bond acceptors (Lipinski definition) is 7. The highest BCUT2D eigenvalue weighted by atomic mass is 16.5. The van der Waals surface area contributed by atoms with Crippen LogP contribution in [0.15, 0.2) is 48.8 Å². The molecule has 3 rings (SSSR count). The summed E-state index contributed by atoms with van der Waals surface area (Å²) in [5.41, 5.74) is 2.74. The minimum atomic E-state index is 0.491. The molecule has 0 spiro atoms. The SMILES string of the molecule is COc1ccc(Nc2nc(C)cc(NCc3ccncc3)n2)c(OC)c1. The second kappa shape index (κ2) is 8.15. The van der Waals surface area contributed by atoms with Crippen LogP contribution in [0.25, 0.3) is 0 Å². The van der Waals surface area contributed by atoms with Crippen molar-refractivity contribution in [2.24, 2.45) is 0 Å². The van der Waals surface area contributed by atoms with E-state index in [1.165, 1.54) is 0 Å². The zero-order chi connectivity index (χ0) is 18.4. The van der Waals surface area contributed by atoms with Crippen LogP contribution in [-0.4, -0.2) is 29.2 Å². The first kappa shape index (κ1) is 17.5. The average Bonchev–Trinajstić information content (AvgIpc) is 2.67. The maximum Gasteiger partial charge on any atom is 0.229 e. The lowest BCUT2D eigenvalue weighted by Crippen LogP contribution is -2.06. The van der Waals surface area contributed by atoms with E-state index in [-0.39, 0.29) is 0 Å². The van der Waals surface area contributed by atoms with Gasteiger partial charge in [-0.1, -0.05) is 0 Å². The molecule has 7 heteroatoms. The molecule has 2 aromatic heterocycles. The maximum atomic E-state index is 5.41. The lowest BCUT2D eigenvalue weighted by molar-refractivity contribution is 0.395. The molecule has 26 heavy (non-hydrogen) atoms. The van der Waals surface area contributed by atoms with Gasteiger partial charge in [-0.05, 0) is 36.8 Å². The summed E-state index contributed by atoms with van der Waals surface area (Å²) in [5.74, 6) is 2.60. The first-order chi connectivity index (χ1) is 12.7. The second-order valence-corrected chi connectivity index (χ2v) is 5.62. The fourth-order valence-electron chi connectivity index (χ4n) is 2.43. The molecule has 0 unspecified atom stereocenters. The van der Waals surface area contributed by atoms with Crippen molar-refractivity contribution in [3.63, 3.8) is 0 Å². The van der Waals surface area contributed by atoms with E-state index in [1.807, 2.05) is 37.3 Å². The zero-order valence-corrected chi connectivity index (χ0v) is 15.0. The number of pyridine rings is 1. The van der Waals surface area contributed by atoms with Crippen LogP contribution in [0.3, 0.4) is 0 Å². The number of nitrogens with one attached hydrogen (secondary N) is 2. The quantitative estimate of drug-likeness (QED) is 0.673. The summed E-state index contributed by atoms with van der Waals surface area (Å²) < 4.78 is 10.6. The van der Waals surface area contributed by atoms with Gasteiger partial charge in [0.2, 0.25) is 5.95 Å². The van der Waals surface area contributed by atoms with E-state index in [0.717, 1.165) is 28.5 Å². The first-order valence-corrected chi connectivity index (χ1v) is 8.15. The van der Waals surface area contributed by atoms with Gasteiger partial charge in [0, 0.05) is 36.8 Å². The molecular formula is C19H21N5O2. The zero-order valence-electron chi connectivity index (χ0n) is 15.0. The van der Waals surface area contributed by atoms with Gasteiger partial charge in [0.15, 0.2) is 0 Å². The molecule has 2 N–H and O–H groups in total. The third kappa shape index (κ3) is 4.38. The highest BCUT2D eigenvalue weighted by molar-refractivity contribution is 5.65. The molecule has 0 bridgehead atoms. The van der Waals surface area contributed by atoms with Crippen molar-refractivity contribution in [3.8, 4) is 11.5 Å². The topological polar surface area (TPSA) is 81.2 Å². The van der Waals surface area contributed by atoms with Crippen molar-refractivity contribution in [2.75, 3.05) is 24.9 Å². The largest absolute Gasteiger partial charge is 0.497 e. The van der Waals surface area contributed by atoms with Crippen LogP contribution in [0, 0.1) is 6.92 Å². The van der Waals surface area contributed by atoms with Crippen molar-refractivity contribution < 1.29 is 9.47 Å². The van der Waals surface area contributed by atoms with Crippen LogP contribution < -0.4 is 20.1 Å². The lowest BCUT2D eigenvalue weighted by Gasteiger charge is -2.13. The standard InChI is InChI=1S/C19H21N5O2/c1-13-10-18(21-12-14-6-8-20-9-7-14)24-19(22-13)23-16-5-4-15(25-2)11-17(16)26-3/h4-11H,12H2,1-3H3,(H2,21,22,23,24). The van der Waals surface area contributed by atoms with Crippen molar-refractivity contribution in [3.05, 3.63) is 60.0 Å². The maximum absolute atomic E-state index is 5.41. The van der Waals surface area contributed by atoms with Gasteiger partial charge in [-0.2, -0.15) is 4.98 Å². The summed E-state index contributed by atoms with van der Waals surface area (Å²) in [4.78, 5) is 13.0. The molecule has 0 aliphatic rings. The molecule has 0 saturated heterocycles. The molecule has 0 saturated carbocycles. The molecule has 0 aliphatic carbocycles. The van der Waals surface area contributed by atoms with Gasteiger partial charge >= 0.3 is 0 Å². The Bertz CT molecular complexity index is 871. The van der Waals surface area contributed by atoms with E-state index in [9.17, 15) is 0 Å². The van der Waals surface area contributed by atoms with Crippen LogP contribution in [-0.2, 0) is 6.54 Å². The van der Waals surface area contributed by atoms with Crippen LogP contribution in [0.1, 0.15) is 11.3 Å². The fraction of sp³-hybridized carbons (Fsp3) is 0.211. The highest BCUT2D eigenvalue weighted by Crippen LogP contribution is 2.30. The molecule has 1 aromatic carbocycles. The summed E-state index contributed by atoms with van der Waals surface area (Å²) in [5, 5.41) is 6.51. The third-order valence-corrected chi connectivity index (χ3v) is 3.73. The number of rotatable bonds is 7. The fourth-order valence-corrected chi connectivity index (χ4v) is 2.43. The minimum absolute atomic E-state index is 0.491. The Morgan fingerprint density at radius 2 is 1.77 bits per heavy atom. The van der Waals surface area contributed by atoms with Crippen LogP contribution in [0.4, 0.5) is 17.5 Å². The van der Waals surface area contributed by atoms with Crippen LogP contribution >= 0.6 is 0 Å². The van der Waals surface area contributed by atoms with E-state index in [1.54, 1.807) is 32.7 Å². The van der Waals surface area contributed by atoms with E-state index in [4.69, 9.17) is 9.47 Å².